The standard InChI is InChI=1S/C20H22N2O2.ClH/c1-13(19(21)15-6-3-2-4-7-15)20(24)22-16-11-10-14-8-5-9-18(23)17(14)12-16;/h2-4,6-7,10-13,19H,5,8-9,21H2,1H3,(H,22,24);1H. The molecule has 2 unspecified atom stereocenters. The molecule has 0 fully saturated rings. The number of fused-ring (bicyclic) bond motifs is 1. The number of carbonyl (C=O) groups excluding carboxylic acids is 2. The van der Waals surface area contributed by atoms with Gasteiger partial charge in [0.1, 0.15) is 0 Å². The van der Waals surface area contributed by atoms with E-state index in [9.17, 15) is 9.59 Å². The number of aryl methyl sites for hydroxylation is 1. The highest BCUT2D eigenvalue weighted by Gasteiger charge is 2.23. The van der Waals surface area contributed by atoms with Crippen molar-refractivity contribution in [2.24, 2.45) is 11.7 Å². The van der Waals surface area contributed by atoms with Crippen molar-refractivity contribution in [2.45, 2.75) is 32.2 Å². The fourth-order valence-electron chi connectivity index (χ4n) is 3.09. The van der Waals surface area contributed by atoms with Crippen LogP contribution in [0.1, 0.15) is 47.3 Å². The Morgan fingerprint density at radius 3 is 2.56 bits per heavy atom. The first-order valence-electron chi connectivity index (χ1n) is 8.34. The zero-order chi connectivity index (χ0) is 17.1. The highest BCUT2D eigenvalue weighted by molar-refractivity contribution is 6.00. The van der Waals surface area contributed by atoms with Gasteiger partial charge in [-0.05, 0) is 36.1 Å². The number of anilines is 1. The molecule has 0 bridgehead atoms. The van der Waals surface area contributed by atoms with Crippen LogP contribution in [0.15, 0.2) is 48.5 Å². The number of amides is 1. The Balaban J connectivity index is 0.00000225. The third kappa shape index (κ3) is 4.27. The molecule has 1 aliphatic rings. The SMILES string of the molecule is CC(C(=O)Nc1ccc2c(c1)C(=O)CCC2)C(N)c1ccccc1.Cl. The molecule has 3 N–H and O–H groups in total. The number of hydrogen-bond acceptors (Lipinski definition) is 3. The van der Waals surface area contributed by atoms with Gasteiger partial charge in [-0.2, -0.15) is 0 Å². The Hall–Kier alpha value is -2.17. The highest BCUT2D eigenvalue weighted by Crippen LogP contribution is 2.26. The van der Waals surface area contributed by atoms with Crippen LogP contribution in [0.3, 0.4) is 0 Å². The van der Waals surface area contributed by atoms with Gasteiger partial charge in [0.2, 0.25) is 5.91 Å². The van der Waals surface area contributed by atoms with Gasteiger partial charge >= 0.3 is 0 Å². The van der Waals surface area contributed by atoms with Crippen LogP contribution in [0.5, 0.6) is 0 Å². The summed E-state index contributed by atoms with van der Waals surface area (Å²) in [6.07, 6.45) is 2.41. The van der Waals surface area contributed by atoms with Crippen LogP contribution in [0, 0.1) is 5.92 Å². The lowest BCUT2D eigenvalue weighted by Crippen LogP contribution is -2.30. The monoisotopic (exact) mass is 358 g/mol. The van der Waals surface area contributed by atoms with E-state index in [4.69, 9.17) is 5.73 Å². The van der Waals surface area contributed by atoms with E-state index in [1.165, 1.54) is 0 Å². The van der Waals surface area contributed by atoms with Gasteiger partial charge < -0.3 is 11.1 Å². The van der Waals surface area contributed by atoms with Gasteiger partial charge in [-0.1, -0.05) is 43.3 Å². The first-order valence-corrected chi connectivity index (χ1v) is 8.34. The number of ketones is 1. The quantitative estimate of drug-likeness (QED) is 0.870. The fourth-order valence-corrected chi connectivity index (χ4v) is 3.09. The molecule has 0 aromatic heterocycles. The molecule has 0 heterocycles. The largest absolute Gasteiger partial charge is 0.326 e. The molecule has 1 aliphatic carbocycles. The number of carbonyl (C=O) groups is 2. The summed E-state index contributed by atoms with van der Waals surface area (Å²) in [5, 5.41) is 2.89. The number of Topliss-reactive ketones (excluding diaryl/α,β-unsaturated/α-hetero) is 1. The van der Waals surface area contributed by atoms with Crippen molar-refractivity contribution < 1.29 is 9.59 Å². The van der Waals surface area contributed by atoms with Gasteiger partial charge in [0.25, 0.3) is 0 Å². The van der Waals surface area contributed by atoms with Crippen molar-refractivity contribution >= 4 is 29.8 Å². The molecular weight excluding hydrogens is 336 g/mol. The van der Waals surface area contributed by atoms with Gasteiger partial charge in [-0.15, -0.1) is 12.4 Å². The van der Waals surface area contributed by atoms with E-state index < -0.39 is 0 Å². The summed E-state index contributed by atoms with van der Waals surface area (Å²) in [4.78, 5) is 24.5. The summed E-state index contributed by atoms with van der Waals surface area (Å²) >= 11 is 0. The van der Waals surface area contributed by atoms with Crippen LogP contribution < -0.4 is 11.1 Å². The summed E-state index contributed by atoms with van der Waals surface area (Å²) in [6.45, 7) is 1.82. The number of hydrogen-bond donors (Lipinski definition) is 2. The average molecular weight is 359 g/mol. The number of benzene rings is 2. The molecule has 2 atom stereocenters. The predicted octanol–water partition coefficient (Wildman–Crippen LogP) is 3.90. The molecule has 25 heavy (non-hydrogen) atoms. The number of nitrogens with one attached hydrogen (secondary N) is 1. The Labute approximate surface area is 154 Å². The summed E-state index contributed by atoms with van der Waals surface area (Å²) in [6, 6.07) is 14.8. The van der Waals surface area contributed by atoms with Gasteiger partial charge in [0.15, 0.2) is 5.78 Å². The topological polar surface area (TPSA) is 72.2 Å². The summed E-state index contributed by atoms with van der Waals surface area (Å²) in [5.74, 6) is -0.366. The smallest absolute Gasteiger partial charge is 0.229 e. The Kier molecular flexibility index (Phi) is 6.34. The van der Waals surface area contributed by atoms with Crippen LogP contribution in [-0.4, -0.2) is 11.7 Å². The second-order valence-electron chi connectivity index (χ2n) is 6.36. The molecule has 1 amide bonds. The lowest BCUT2D eigenvalue weighted by molar-refractivity contribution is -0.120. The van der Waals surface area contributed by atoms with Crippen molar-refractivity contribution in [1.82, 2.24) is 0 Å². The maximum Gasteiger partial charge on any atom is 0.229 e. The van der Waals surface area contributed by atoms with E-state index in [2.05, 4.69) is 5.32 Å². The molecule has 0 radical (unpaired) electrons. The van der Waals surface area contributed by atoms with Crippen molar-refractivity contribution in [3.05, 3.63) is 65.2 Å². The van der Waals surface area contributed by atoms with E-state index in [0.29, 0.717) is 12.1 Å². The van der Waals surface area contributed by atoms with Gasteiger partial charge in [0, 0.05) is 23.7 Å². The summed E-state index contributed by atoms with van der Waals surface area (Å²) < 4.78 is 0. The van der Waals surface area contributed by atoms with Crippen LogP contribution in [0.4, 0.5) is 5.69 Å². The molecule has 4 nitrogen and oxygen atoms in total. The van der Waals surface area contributed by atoms with Crippen LogP contribution in [0.2, 0.25) is 0 Å². The third-order valence-electron chi connectivity index (χ3n) is 4.66. The zero-order valence-corrected chi connectivity index (χ0v) is 15.0. The molecule has 0 saturated heterocycles. The second-order valence-corrected chi connectivity index (χ2v) is 6.36. The molecule has 132 valence electrons. The predicted molar refractivity (Wildman–Crippen MR) is 102 cm³/mol. The molecule has 2 aromatic rings. The Bertz CT molecular complexity index is 762. The molecular formula is C20H23ClN2O2. The molecule has 2 aromatic carbocycles. The van der Waals surface area contributed by atoms with Gasteiger partial charge in [-0.25, -0.2) is 0 Å². The lowest BCUT2D eigenvalue weighted by atomic mass is 9.90. The number of nitrogens with two attached hydrogens (primary N) is 1. The number of halogens is 1. The van der Waals surface area contributed by atoms with Crippen molar-refractivity contribution in [2.75, 3.05) is 5.32 Å². The van der Waals surface area contributed by atoms with E-state index in [1.54, 1.807) is 6.07 Å². The van der Waals surface area contributed by atoms with E-state index >= 15 is 0 Å². The maximum absolute atomic E-state index is 12.5. The van der Waals surface area contributed by atoms with Crippen LogP contribution in [0.25, 0.3) is 0 Å². The van der Waals surface area contributed by atoms with Crippen molar-refractivity contribution in [1.29, 1.82) is 0 Å². The van der Waals surface area contributed by atoms with Crippen LogP contribution >= 0.6 is 12.4 Å². The van der Waals surface area contributed by atoms with E-state index in [0.717, 1.165) is 29.5 Å². The summed E-state index contributed by atoms with van der Waals surface area (Å²) in [7, 11) is 0. The van der Waals surface area contributed by atoms with E-state index in [-0.39, 0.29) is 36.1 Å². The molecule has 0 spiro atoms. The third-order valence-corrected chi connectivity index (χ3v) is 4.66. The summed E-state index contributed by atoms with van der Waals surface area (Å²) in [5.41, 5.74) is 9.60. The minimum absolute atomic E-state index is 0. The minimum atomic E-state index is -0.376. The normalized spacial score (nSPS) is 15.5. The first-order chi connectivity index (χ1) is 11.6. The molecule has 0 saturated carbocycles. The Morgan fingerprint density at radius 2 is 1.84 bits per heavy atom. The average Bonchev–Trinajstić information content (AvgIpc) is 2.62. The maximum atomic E-state index is 12.5. The fraction of sp³-hybridized carbons (Fsp3) is 0.300. The lowest BCUT2D eigenvalue weighted by Gasteiger charge is -2.21. The van der Waals surface area contributed by atoms with Crippen LogP contribution in [-0.2, 0) is 11.2 Å². The molecule has 3 rings (SSSR count). The number of rotatable bonds is 4. The van der Waals surface area contributed by atoms with Gasteiger partial charge in [-0.3, -0.25) is 9.59 Å². The Morgan fingerprint density at radius 1 is 1.12 bits per heavy atom. The van der Waals surface area contributed by atoms with Gasteiger partial charge in [0.05, 0.1) is 5.92 Å². The van der Waals surface area contributed by atoms with Crippen molar-refractivity contribution in [3.8, 4) is 0 Å². The molecule has 0 aliphatic heterocycles. The first kappa shape index (κ1) is 19.2. The van der Waals surface area contributed by atoms with Crippen molar-refractivity contribution in [3.63, 3.8) is 0 Å². The second kappa shape index (κ2) is 8.28. The minimum Gasteiger partial charge on any atom is -0.326 e. The zero-order valence-electron chi connectivity index (χ0n) is 14.2. The molecule has 5 heteroatoms. The highest BCUT2D eigenvalue weighted by atomic mass is 35.5. The van der Waals surface area contributed by atoms with E-state index in [1.807, 2.05) is 49.4 Å².